The Labute approximate surface area is 217 Å². The third kappa shape index (κ3) is 4.77. The van der Waals surface area contributed by atoms with Crippen molar-refractivity contribution in [3.05, 3.63) is 93.5 Å². The Morgan fingerprint density at radius 2 is 1.81 bits per heavy atom. The Hall–Kier alpha value is -3.91. The number of Topliss-reactive ketones (excluding diaryl/α,β-unsaturated/α-hetero) is 1. The lowest BCUT2D eigenvalue weighted by Crippen LogP contribution is -2.29. The molecule has 2 amide bonds. The molecule has 0 radical (unpaired) electrons. The van der Waals surface area contributed by atoms with Crippen LogP contribution in [0.4, 0.5) is 11.4 Å². The molecule has 1 aliphatic rings. The van der Waals surface area contributed by atoms with Gasteiger partial charge in [-0.25, -0.2) is 0 Å². The average Bonchev–Trinajstić information content (AvgIpc) is 3.13. The number of hydrogen-bond acceptors (Lipinski definition) is 5. The quantitative estimate of drug-likeness (QED) is 0.237. The lowest BCUT2D eigenvalue weighted by Gasteiger charge is -2.26. The van der Waals surface area contributed by atoms with Crippen molar-refractivity contribution < 1.29 is 24.2 Å². The first-order valence-electron chi connectivity index (χ1n) is 11.4. The molecule has 184 valence electrons. The van der Waals surface area contributed by atoms with Gasteiger partial charge in [-0.1, -0.05) is 37.3 Å². The highest BCUT2D eigenvalue weighted by atomic mass is 79.9. The molecular formula is C28H25BrN2O5. The van der Waals surface area contributed by atoms with E-state index in [9.17, 15) is 19.5 Å². The normalized spacial score (nSPS) is 16.8. The van der Waals surface area contributed by atoms with Crippen LogP contribution in [0.25, 0.3) is 5.76 Å². The number of anilines is 2. The fourth-order valence-electron chi connectivity index (χ4n) is 4.26. The van der Waals surface area contributed by atoms with Crippen LogP contribution < -0.4 is 15.0 Å². The van der Waals surface area contributed by atoms with Crippen LogP contribution in [-0.2, 0) is 20.8 Å². The van der Waals surface area contributed by atoms with Crippen molar-refractivity contribution >= 4 is 50.7 Å². The fourth-order valence-corrected chi connectivity index (χ4v) is 4.80. The number of nitrogens with zero attached hydrogens (tertiary/aromatic N) is 1. The third-order valence-electron chi connectivity index (χ3n) is 6.02. The number of rotatable bonds is 6. The van der Waals surface area contributed by atoms with E-state index in [1.807, 2.05) is 31.2 Å². The zero-order chi connectivity index (χ0) is 26.0. The first-order chi connectivity index (χ1) is 17.2. The summed E-state index contributed by atoms with van der Waals surface area (Å²) in [6.45, 7) is 3.43. The molecule has 0 saturated carbocycles. The van der Waals surface area contributed by atoms with E-state index in [4.69, 9.17) is 4.74 Å². The topological polar surface area (TPSA) is 95.9 Å². The van der Waals surface area contributed by atoms with E-state index in [1.165, 1.54) is 18.9 Å². The van der Waals surface area contributed by atoms with Crippen molar-refractivity contribution in [1.82, 2.24) is 0 Å². The molecule has 3 aromatic carbocycles. The SMILES string of the molecule is CCc1ccc(C2/C(=C(\O)c3ccc(OC)c(Br)c3)C(=O)C(=O)N2c2cccc(NC(C)=O)c2)cc1. The third-order valence-corrected chi connectivity index (χ3v) is 6.64. The van der Waals surface area contributed by atoms with E-state index in [2.05, 4.69) is 21.2 Å². The van der Waals surface area contributed by atoms with Gasteiger partial charge in [-0.05, 0) is 69.9 Å². The molecule has 0 aliphatic carbocycles. The summed E-state index contributed by atoms with van der Waals surface area (Å²) in [5.74, 6) is -1.55. The van der Waals surface area contributed by atoms with E-state index in [0.717, 1.165) is 12.0 Å². The average molecular weight is 549 g/mol. The first-order valence-corrected chi connectivity index (χ1v) is 12.2. The maximum Gasteiger partial charge on any atom is 0.300 e. The monoisotopic (exact) mass is 548 g/mol. The molecule has 36 heavy (non-hydrogen) atoms. The van der Waals surface area contributed by atoms with Gasteiger partial charge in [0, 0.05) is 23.9 Å². The number of nitrogens with one attached hydrogen (secondary N) is 1. The number of methoxy groups -OCH3 is 1. The number of ether oxygens (including phenoxy) is 1. The molecule has 1 saturated heterocycles. The Kier molecular flexibility index (Phi) is 7.26. The second-order valence-corrected chi connectivity index (χ2v) is 9.20. The predicted octanol–water partition coefficient (Wildman–Crippen LogP) is 5.60. The van der Waals surface area contributed by atoms with Crippen molar-refractivity contribution in [2.24, 2.45) is 0 Å². The lowest BCUT2D eigenvalue weighted by molar-refractivity contribution is -0.132. The summed E-state index contributed by atoms with van der Waals surface area (Å²) in [5.41, 5.74) is 3.02. The van der Waals surface area contributed by atoms with Crippen molar-refractivity contribution in [2.75, 3.05) is 17.3 Å². The number of halogens is 1. The molecule has 2 N–H and O–H groups in total. The molecule has 0 bridgehead atoms. The van der Waals surface area contributed by atoms with Crippen LogP contribution in [0.2, 0.25) is 0 Å². The number of ketones is 1. The second-order valence-electron chi connectivity index (χ2n) is 8.35. The van der Waals surface area contributed by atoms with Gasteiger partial charge in [-0.2, -0.15) is 0 Å². The van der Waals surface area contributed by atoms with E-state index in [0.29, 0.717) is 32.7 Å². The van der Waals surface area contributed by atoms with Crippen LogP contribution in [0.15, 0.2) is 76.8 Å². The van der Waals surface area contributed by atoms with Crippen LogP contribution in [0, 0.1) is 0 Å². The zero-order valence-corrected chi connectivity index (χ0v) is 21.6. The molecule has 1 fully saturated rings. The smallest absolute Gasteiger partial charge is 0.300 e. The number of hydrogen-bond donors (Lipinski definition) is 2. The Morgan fingerprint density at radius 3 is 2.42 bits per heavy atom. The van der Waals surface area contributed by atoms with Gasteiger partial charge in [0.1, 0.15) is 11.5 Å². The highest BCUT2D eigenvalue weighted by Gasteiger charge is 2.47. The number of carbonyl (C=O) groups is 3. The molecule has 8 heteroatoms. The number of benzene rings is 3. The van der Waals surface area contributed by atoms with Gasteiger partial charge in [0.2, 0.25) is 5.91 Å². The number of aliphatic hydroxyl groups excluding tert-OH is 1. The highest BCUT2D eigenvalue weighted by molar-refractivity contribution is 9.10. The van der Waals surface area contributed by atoms with E-state index < -0.39 is 17.7 Å². The number of amides is 2. The Morgan fingerprint density at radius 1 is 1.08 bits per heavy atom. The summed E-state index contributed by atoms with van der Waals surface area (Å²) in [7, 11) is 1.53. The predicted molar refractivity (Wildman–Crippen MR) is 142 cm³/mol. The lowest BCUT2D eigenvalue weighted by atomic mass is 9.94. The van der Waals surface area contributed by atoms with Gasteiger partial charge in [-0.15, -0.1) is 0 Å². The second kappa shape index (κ2) is 10.4. The van der Waals surface area contributed by atoms with E-state index >= 15 is 0 Å². The maximum absolute atomic E-state index is 13.4. The Bertz CT molecular complexity index is 1380. The van der Waals surface area contributed by atoms with Gasteiger partial charge in [0.25, 0.3) is 11.7 Å². The van der Waals surface area contributed by atoms with Gasteiger partial charge in [0.05, 0.1) is 23.2 Å². The van der Waals surface area contributed by atoms with Crippen LogP contribution in [0.5, 0.6) is 5.75 Å². The minimum atomic E-state index is -0.871. The number of aryl methyl sites for hydroxylation is 1. The van der Waals surface area contributed by atoms with Crippen LogP contribution in [-0.4, -0.2) is 29.8 Å². The van der Waals surface area contributed by atoms with Gasteiger partial charge in [-0.3, -0.25) is 19.3 Å². The van der Waals surface area contributed by atoms with Crippen molar-refractivity contribution in [1.29, 1.82) is 0 Å². The minimum absolute atomic E-state index is 0.0220. The molecule has 1 unspecified atom stereocenters. The van der Waals surface area contributed by atoms with Crippen molar-refractivity contribution in [2.45, 2.75) is 26.3 Å². The standard InChI is InChI=1S/C28H25BrN2O5/c1-4-17-8-10-18(11-9-17)25-24(26(33)19-12-13-23(36-3)22(29)14-19)27(34)28(35)31(25)21-7-5-6-20(15-21)30-16(2)32/h5-15,25,33H,4H2,1-3H3,(H,30,32)/b26-24+. The van der Waals surface area contributed by atoms with Crippen molar-refractivity contribution in [3.8, 4) is 5.75 Å². The summed E-state index contributed by atoms with van der Waals surface area (Å²) < 4.78 is 5.86. The molecule has 1 atom stereocenters. The molecule has 4 rings (SSSR count). The van der Waals surface area contributed by atoms with E-state index in [-0.39, 0.29) is 17.2 Å². The summed E-state index contributed by atoms with van der Waals surface area (Å²) in [6, 6.07) is 18.4. The first kappa shape index (κ1) is 25.2. The molecule has 1 heterocycles. The van der Waals surface area contributed by atoms with Crippen LogP contribution in [0.1, 0.15) is 36.6 Å². The van der Waals surface area contributed by atoms with Gasteiger partial charge < -0.3 is 15.2 Å². The molecule has 3 aromatic rings. The zero-order valence-electron chi connectivity index (χ0n) is 20.0. The van der Waals surface area contributed by atoms with Crippen LogP contribution >= 0.6 is 15.9 Å². The maximum atomic E-state index is 13.4. The Balaban J connectivity index is 1.91. The molecule has 0 spiro atoms. The minimum Gasteiger partial charge on any atom is -0.507 e. The summed E-state index contributed by atoms with van der Waals surface area (Å²) in [6.07, 6.45) is 0.832. The highest BCUT2D eigenvalue weighted by Crippen LogP contribution is 2.43. The molecule has 0 aromatic heterocycles. The van der Waals surface area contributed by atoms with E-state index in [1.54, 1.807) is 42.5 Å². The summed E-state index contributed by atoms with van der Waals surface area (Å²) >= 11 is 3.41. The van der Waals surface area contributed by atoms with Crippen LogP contribution in [0.3, 0.4) is 0 Å². The number of carbonyl (C=O) groups excluding carboxylic acids is 3. The fraction of sp³-hybridized carbons (Fsp3) is 0.179. The number of aliphatic hydroxyl groups is 1. The molecule has 7 nitrogen and oxygen atoms in total. The van der Waals surface area contributed by atoms with Gasteiger partial charge >= 0.3 is 0 Å². The summed E-state index contributed by atoms with van der Waals surface area (Å²) in [4.78, 5) is 39.7. The molecular weight excluding hydrogens is 524 g/mol. The largest absolute Gasteiger partial charge is 0.507 e. The van der Waals surface area contributed by atoms with Crippen molar-refractivity contribution in [3.63, 3.8) is 0 Å². The molecule has 1 aliphatic heterocycles. The van der Waals surface area contributed by atoms with Gasteiger partial charge in [0.15, 0.2) is 0 Å². The summed E-state index contributed by atoms with van der Waals surface area (Å²) in [5, 5.41) is 14.0.